The highest BCUT2D eigenvalue weighted by atomic mass is 79.9. The normalized spacial score (nSPS) is 16.2. The first-order chi connectivity index (χ1) is 8.58. The van der Waals surface area contributed by atoms with Crippen LogP contribution in [0, 0.1) is 0 Å². The second kappa shape index (κ2) is 5.89. The van der Waals surface area contributed by atoms with Gasteiger partial charge in [-0.2, -0.15) is 0 Å². The van der Waals surface area contributed by atoms with Crippen molar-refractivity contribution in [2.45, 2.75) is 12.8 Å². The summed E-state index contributed by atoms with van der Waals surface area (Å²) in [5, 5.41) is 0. The van der Waals surface area contributed by atoms with E-state index in [4.69, 9.17) is 0 Å². The number of hydrogen-bond donors (Lipinski definition) is 0. The third-order valence-corrected chi connectivity index (χ3v) is 3.92. The third kappa shape index (κ3) is 3.14. The topological polar surface area (TPSA) is 28.5 Å². The molecule has 0 radical (unpaired) electrons. The van der Waals surface area contributed by atoms with Gasteiger partial charge in [0.1, 0.15) is 5.69 Å². The number of aryl methyl sites for hydroxylation is 1. The Bertz CT molecular complexity index is 424. The molecule has 0 unspecified atom stereocenters. The molecule has 0 saturated carbocycles. The number of likely N-dealkylation sites (N-methyl/N-ethyl adjacent to an activating group) is 1. The van der Waals surface area contributed by atoms with Crippen molar-refractivity contribution in [3.63, 3.8) is 0 Å². The van der Waals surface area contributed by atoms with Gasteiger partial charge in [0.25, 0.3) is 5.91 Å². The summed E-state index contributed by atoms with van der Waals surface area (Å²) in [5.74, 6) is 0.0856. The highest BCUT2D eigenvalue weighted by Gasteiger charge is 2.17. The molecule has 1 saturated heterocycles. The molecule has 5 heteroatoms. The fourth-order valence-electron chi connectivity index (χ4n) is 2.33. The largest absolute Gasteiger partial charge is 0.345 e. The zero-order chi connectivity index (χ0) is 13.1. The van der Waals surface area contributed by atoms with E-state index in [1.54, 1.807) is 4.90 Å². The molecule has 1 aromatic rings. The first kappa shape index (κ1) is 13.6. The maximum absolute atomic E-state index is 12.2. The Labute approximate surface area is 117 Å². The Hall–Kier alpha value is -0.810. The van der Waals surface area contributed by atoms with Crippen molar-refractivity contribution < 1.29 is 4.79 Å². The van der Waals surface area contributed by atoms with Crippen LogP contribution in [0.3, 0.4) is 0 Å². The van der Waals surface area contributed by atoms with Crippen LogP contribution in [0.4, 0.5) is 0 Å². The molecule has 0 aliphatic carbocycles. The smallest absolute Gasteiger partial charge is 0.270 e. The Kier molecular flexibility index (Phi) is 4.45. The molecule has 1 fully saturated rings. The minimum absolute atomic E-state index is 0.0856. The monoisotopic (exact) mass is 313 g/mol. The van der Waals surface area contributed by atoms with Gasteiger partial charge in [0, 0.05) is 37.9 Å². The van der Waals surface area contributed by atoms with Crippen molar-refractivity contribution in [1.82, 2.24) is 14.4 Å². The Morgan fingerprint density at radius 2 is 2.11 bits per heavy atom. The number of amides is 1. The van der Waals surface area contributed by atoms with Crippen LogP contribution in [0.5, 0.6) is 0 Å². The lowest BCUT2D eigenvalue weighted by Crippen LogP contribution is -2.35. The van der Waals surface area contributed by atoms with Gasteiger partial charge in [-0.05, 0) is 47.9 Å². The van der Waals surface area contributed by atoms with Gasteiger partial charge in [0.05, 0.1) is 0 Å². The number of hydrogen-bond acceptors (Lipinski definition) is 2. The van der Waals surface area contributed by atoms with E-state index in [2.05, 4.69) is 20.8 Å². The summed E-state index contributed by atoms with van der Waals surface area (Å²) in [5.41, 5.74) is 0.728. The van der Waals surface area contributed by atoms with E-state index in [1.807, 2.05) is 30.9 Å². The van der Waals surface area contributed by atoms with Crippen LogP contribution < -0.4 is 0 Å². The van der Waals surface area contributed by atoms with Gasteiger partial charge >= 0.3 is 0 Å². The van der Waals surface area contributed by atoms with Gasteiger partial charge < -0.3 is 14.4 Å². The Morgan fingerprint density at radius 1 is 1.44 bits per heavy atom. The Balaban J connectivity index is 1.89. The number of carbonyl (C=O) groups excluding carboxylic acids is 1. The van der Waals surface area contributed by atoms with Gasteiger partial charge in [-0.3, -0.25) is 4.79 Å². The minimum atomic E-state index is 0.0856. The molecule has 1 aromatic heterocycles. The van der Waals surface area contributed by atoms with Crippen LogP contribution in [-0.4, -0.2) is 53.5 Å². The van der Waals surface area contributed by atoms with Crippen molar-refractivity contribution in [3.05, 3.63) is 22.4 Å². The quantitative estimate of drug-likeness (QED) is 0.850. The van der Waals surface area contributed by atoms with Gasteiger partial charge in [0.2, 0.25) is 0 Å². The molecular formula is C13H20BrN3O. The second-order valence-corrected chi connectivity index (χ2v) is 5.85. The van der Waals surface area contributed by atoms with Gasteiger partial charge in [-0.1, -0.05) is 0 Å². The molecule has 0 spiro atoms. The zero-order valence-electron chi connectivity index (χ0n) is 11.0. The van der Waals surface area contributed by atoms with E-state index in [-0.39, 0.29) is 5.91 Å². The molecule has 0 atom stereocenters. The molecule has 1 aliphatic rings. The second-order valence-electron chi connectivity index (χ2n) is 4.93. The molecule has 1 amide bonds. The van der Waals surface area contributed by atoms with E-state index >= 15 is 0 Å². The number of likely N-dealkylation sites (tertiary alicyclic amines) is 1. The lowest BCUT2D eigenvalue weighted by Gasteiger charge is -2.21. The van der Waals surface area contributed by atoms with Crippen molar-refractivity contribution in [2.24, 2.45) is 7.05 Å². The van der Waals surface area contributed by atoms with Crippen LogP contribution in [0.2, 0.25) is 0 Å². The first-order valence-corrected chi connectivity index (χ1v) is 7.17. The van der Waals surface area contributed by atoms with E-state index < -0.39 is 0 Å². The summed E-state index contributed by atoms with van der Waals surface area (Å²) in [6.45, 7) is 4.13. The molecule has 2 heterocycles. The van der Waals surface area contributed by atoms with Crippen LogP contribution >= 0.6 is 15.9 Å². The van der Waals surface area contributed by atoms with Crippen LogP contribution in [-0.2, 0) is 7.05 Å². The number of carbonyl (C=O) groups is 1. The van der Waals surface area contributed by atoms with Crippen molar-refractivity contribution in [1.29, 1.82) is 0 Å². The summed E-state index contributed by atoms with van der Waals surface area (Å²) in [6.07, 6.45) is 4.49. The van der Waals surface area contributed by atoms with E-state index in [0.29, 0.717) is 0 Å². The molecular weight excluding hydrogens is 294 g/mol. The molecule has 100 valence electrons. The van der Waals surface area contributed by atoms with Crippen LogP contribution in [0.15, 0.2) is 16.7 Å². The lowest BCUT2D eigenvalue weighted by molar-refractivity contribution is 0.0773. The molecule has 0 bridgehead atoms. The van der Waals surface area contributed by atoms with Gasteiger partial charge in [-0.25, -0.2) is 0 Å². The van der Waals surface area contributed by atoms with E-state index in [9.17, 15) is 4.79 Å². The molecule has 0 aromatic carbocycles. The molecule has 18 heavy (non-hydrogen) atoms. The average Bonchev–Trinajstić information content (AvgIpc) is 2.94. The highest BCUT2D eigenvalue weighted by molar-refractivity contribution is 9.10. The van der Waals surface area contributed by atoms with Crippen molar-refractivity contribution in [2.75, 3.05) is 33.2 Å². The van der Waals surface area contributed by atoms with E-state index in [0.717, 1.165) is 23.3 Å². The SMILES string of the molecule is CN(CCN1CCCC1)C(=O)c1cc(Br)cn1C. The van der Waals surface area contributed by atoms with Gasteiger partial charge in [-0.15, -0.1) is 0 Å². The standard InChI is InChI=1S/C13H20BrN3O/c1-15(7-8-17-5-3-4-6-17)13(18)12-9-11(14)10-16(12)2/h9-10H,3-8H2,1-2H3. The van der Waals surface area contributed by atoms with E-state index in [1.165, 1.54) is 25.9 Å². The summed E-state index contributed by atoms with van der Waals surface area (Å²) in [6, 6.07) is 1.87. The van der Waals surface area contributed by atoms with Crippen molar-refractivity contribution >= 4 is 21.8 Å². The third-order valence-electron chi connectivity index (χ3n) is 3.49. The maximum Gasteiger partial charge on any atom is 0.270 e. The number of rotatable bonds is 4. The average molecular weight is 314 g/mol. The summed E-state index contributed by atoms with van der Waals surface area (Å²) < 4.78 is 2.81. The molecule has 2 rings (SSSR count). The van der Waals surface area contributed by atoms with Gasteiger partial charge in [0.15, 0.2) is 0 Å². The first-order valence-electron chi connectivity index (χ1n) is 6.37. The summed E-state index contributed by atoms with van der Waals surface area (Å²) in [4.78, 5) is 16.5. The predicted molar refractivity (Wildman–Crippen MR) is 75.7 cm³/mol. The molecule has 4 nitrogen and oxygen atoms in total. The highest BCUT2D eigenvalue weighted by Crippen LogP contribution is 2.15. The zero-order valence-corrected chi connectivity index (χ0v) is 12.6. The predicted octanol–water partition coefficient (Wildman–Crippen LogP) is 1.96. The fraction of sp³-hybridized carbons (Fsp3) is 0.615. The summed E-state index contributed by atoms with van der Waals surface area (Å²) in [7, 11) is 3.77. The molecule has 1 aliphatic heterocycles. The number of halogens is 1. The molecule has 0 N–H and O–H groups in total. The van der Waals surface area contributed by atoms with Crippen molar-refractivity contribution in [3.8, 4) is 0 Å². The summed E-state index contributed by atoms with van der Waals surface area (Å²) >= 11 is 3.39. The van der Waals surface area contributed by atoms with Crippen LogP contribution in [0.25, 0.3) is 0 Å². The minimum Gasteiger partial charge on any atom is -0.345 e. The number of nitrogens with zero attached hydrogens (tertiary/aromatic N) is 3. The lowest BCUT2D eigenvalue weighted by atomic mass is 10.3. The maximum atomic E-state index is 12.2. The fourth-order valence-corrected chi connectivity index (χ4v) is 2.86. The number of aromatic nitrogens is 1. The van der Waals surface area contributed by atoms with Crippen LogP contribution in [0.1, 0.15) is 23.3 Å². The Morgan fingerprint density at radius 3 is 2.67 bits per heavy atom.